The molecule has 0 aliphatic rings. The summed E-state index contributed by atoms with van der Waals surface area (Å²) in [6.07, 6.45) is 1.36. The van der Waals surface area contributed by atoms with E-state index < -0.39 is 10.5 Å². The lowest BCUT2D eigenvalue weighted by molar-refractivity contribution is -0.380. The minimum Gasteiger partial charge on any atom is -0.266 e. The molecular formula is C13H10N4O3S. The van der Waals surface area contributed by atoms with Crippen molar-refractivity contribution in [2.75, 3.05) is 0 Å². The number of thiophene rings is 1. The monoisotopic (exact) mass is 302 g/mol. The van der Waals surface area contributed by atoms with Crippen molar-refractivity contribution >= 4 is 22.6 Å². The van der Waals surface area contributed by atoms with Gasteiger partial charge in [0.05, 0.1) is 16.0 Å². The maximum atomic E-state index is 12.1. The van der Waals surface area contributed by atoms with Gasteiger partial charge in [-0.1, -0.05) is 11.3 Å². The third kappa shape index (κ3) is 2.88. The SMILES string of the molecule is Cc1cc(C)n(/N=C/c2ccc([N+](=O)[O-])s2)c(=O)c1C#N. The van der Waals surface area contributed by atoms with Gasteiger partial charge in [-0.15, -0.1) is 0 Å². The second-order valence-corrected chi connectivity index (χ2v) is 5.34. The second kappa shape index (κ2) is 5.68. The van der Waals surface area contributed by atoms with Gasteiger partial charge in [-0.25, -0.2) is 4.68 Å². The van der Waals surface area contributed by atoms with Gasteiger partial charge in [-0.2, -0.15) is 10.4 Å². The summed E-state index contributed by atoms with van der Waals surface area (Å²) in [5.74, 6) is 0. The maximum Gasteiger partial charge on any atom is 0.324 e. The zero-order valence-corrected chi connectivity index (χ0v) is 12.0. The molecule has 2 heterocycles. The Morgan fingerprint density at radius 2 is 2.19 bits per heavy atom. The first kappa shape index (κ1) is 14.6. The van der Waals surface area contributed by atoms with E-state index in [9.17, 15) is 14.9 Å². The number of rotatable bonds is 3. The van der Waals surface area contributed by atoms with Crippen LogP contribution >= 0.6 is 11.3 Å². The molecule has 106 valence electrons. The van der Waals surface area contributed by atoms with Crippen molar-refractivity contribution < 1.29 is 4.92 Å². The normalized spacial score (nSPS) is 10.7. The van der Waals surface area contributed by atoms with Crippen molar-refractivity contribution in [3.05, 3.63) is 60.4 Å². The highest BCUT2D eigenvalue weighted by molar-refractivity contribution is 7.16. The Bertz CT molecular complexity index is 842. The number of nitrogens with zero attached hydrogens (tertiary/aromatic N) is 4. The number of nitro groups is 1. The highest BCUT2D eigenvalue weighted by atomic mass is 32.1. The molecule has 21 heavy (non-hydrogen) atoms. The molecule has 7 nitrogen and oxygen atoms in total. The summed E-state index contributed by atoms with van der Waals surface area (Å²) in [6, 6.07) is 6.46. The summed E-state index contributed by atoms with van der Waals surface area (Å²) >= 11 is 0.956. The lowest BCUT2D eigenvalue weighted by Crippen LogP contribution is -2.22. The second-order valence-electron chi connectivity index (χ2n) is 4.25. The van der Waals surface area contributed by atoms with E-state index in [0.29, 0.717) is 16.1 Å². The predicted octanol–water partition coefficient (Wildman–Crippen LogP) is 2.19. The van der Waals surface area contributed by atoms with E-state index in [1.54, 1.807) is 26.0 Å². The summed E-state index contributed by atoms with van der Waals surface area (Å²) in [7, 11) is 0. The first-order valence-corrected chi connectivity index (χ1v) is 6.67. The lowest BCUT2D eigenvalue weighted by Gasteiger charge is -2.05. The molecule has 2 aromatic rings. The van der Waals surface area contributed by atoms with Crippen molar-refractivity contribution in [3.8, 4) is 6.07 Å². The van der Waals surface area contributed by atoms with Crippen LogP contribution in [0.25, 0.3) is 0 Å². The van der Waals surface area contributed by atoms with E-state index in [1.165, 1.54) is 12.3 Å². The molecule has 0 saturated heterocycles. The van der Waals surface area contributed by atoms with Crippen molar-refractivity contribution in [1.82, 2.24) is 4.68 Å². The molecule has 0 spiro atoms. The Hall–Kier alpha value is -2.79. The van der Waals surface area contributed by atoms with Crippen LogP contribution in [-0.4, -0.2) is 15.8 Å². The van der Waals surface area contributed by atoms with Gasteiger partial charge in [-0.3, -0.25) is 14.9 Å². The van der Waals surface area contributed by atoms with E-state index in [4.69, 9.17) is 5.26 Å². The number of aryl methyl sites for hydroxylation is 2. The maximum absolute atomic E-state index is 12.1. The number of pyridine rings is 1. The Kier molecular flexibility index (Phi) is 3.95. The summed E-state index contributed by atoms with van der Waals surface area (Å²) < 4.78 is 1.11. The Morgan fingerprint density at radius 3 is 2.76 bits per heavy atom. The van der Waals surface area contributed by atoms with Gasteiger partial charge < -0.3 is 0 Å². The van der Waals surface area contributed by atoms with Gasteiger partial charge in [0.2, 0.25) is 0 Å². The Labute approximate surface area is 123 Å². The molecule has 2 rings (SSSR count). The van der Waals surface area contributed by atoms with Crippen LogP contribution in [0, 0.1) is 35.3 Å². The first-order valence-electron chi connectivity index (χ1n) is 5.86. The molecule has 0 fully saturated rings. The topological polar surface area (TPSA) is 101 Å². The molecule has 0 aliphatic carbocycles. The number of hydrogen-bond acceptors (Lipinski definition) is 6. The molecule has 0 bridgehead atoms. The summed E-state index contributed by atoms with van der Waals surface area (Å²) in [6.45, 7) is 3.38. The largest absolute Gasteiger partial charge is 0.324 e. The quantitative estimate of drug-likeness (QED) is 0.492. The third-order valence-electron chi connectivity index (χ3n) is 2.76. The van der Waals surface area contributed by atoms with Crippen molar-refractivity contribution in [2.24, 2.45) is 5.10 Å². The van der Waals surface area contributed by atoms with Crippen molar-refractivity contribution in [2.45, 2.75) is 13.8 Å². The molecule has 8 heteroatoms. The summed E-state index contributed by atoms with van der Waals surface area (Å²) in [5.41, 5.74) is 0.712. The molecule has 0 saturated carbocycles. The molecule has 0 aliphatic heterocycles. The van der Waals surface area contributed by atoms with Crippen LogP contribution in [-0.2, 0) is 0 Å². The van der Waals surface area contributed by atoms with Crippen LogP contribution in [0.15, 0.2) is 28.1 Å². The van der Waals surface area contributed by atoms with E-state index in [0.717, 1.165) is 16.0 Å². The van der Waals surface area contributed by atoms with Gasteiger partial charge in [0, 0.05) is 11.8 Å². The standard InChI is InChI=1S/C13H10N4O3S/c1-8-5-9(2)16(13(18)11(8)6-14)15-7-10-3-4-12(21-10)17(19)20/h3-5,7H,1-2H3/b15-7+. The summed E-state index contributed by atoms with van der Waals surface area (Å²) in [5, 5.41) is 23.6. The van der Waals surface area contributed by atoms with E-state index in [-0.39, 0.29) is 10.6 Å². The average molecular weight is 302 g/mol. The van der Waals surface area contributed by atoms with Crippen LogP contribution < -0.4 is 5.56 Å². The fraction of sp³-hybridized carbons (Fsp3) is 0.154. The lowest BCUT2D eigenvalue weighted by atomic mass is 10.1. The van der Waals surface area contributed by atoms with Gasteiger partial charge in [0.25, 0.3) is 5.56 Å². The number of aromatic nitrogens is 1. The third-order valence-corrected chi connectivity index (χ3v) is 3.74. The Balaban J connectivity index is 2.44. The fourth-order valence-electron chi connectivity index (χ4n) is 1.79. The molecule has 0 radical (unpaired) electrons. The predicted molar refractivity (Wildman–Crippen MR) is 78.9 cm³/mol. The van der Waals surface area contributed by atoms with Gasteiger partial charge in [-0.05, 0) is 31.5 Å². The highest BCUT2D eigenvalue weighted by Crippen LogP contribution is 2.22. The Morgan fingerprint density at radius 1 is 1.48 bits per heavy atom. The first-order chi connectivity index (χ1) is 9.93. The molecule has 0 atom stereocenters. The van der Waals surface area contributed by atoms with Crippen LogP contribution in [0.3, 0.4) is 0 Å². The van der Waals surface area contributed by atoms with E-state index in [1.807, 2.05) is 6.07 Å². The molecule has 2 aromatic heterocycles. The summed E-state index contributed by atoms with van der Waals surface area (Å²) in [4.78, 5) is 22.8. The molecule has 0 amide bonds. The van der Waals surface area contributed by atoms with Crippen molar-refractivity contribution in [1.29, 1.82) is 5.26 Å². The number of hydrogen-bond donors (Lipinski definition) is 0. The van der Waals surface area contributed by atoms with Crippen LogP contribution in [0.1, 0.15) is 21.7 Å². The van der Waals surface area contributed by atoms with Crippen molar-refractivity contribution in [3.63, 3.8) is 0 Å². The number of nitriles is 1. The zero-order valence-electron chi connectivity index (χ0n) is 11.2. The van der Waals surface area contributed by atoms with Gasteiger partial charge in [0.15, 0.2) is 0 Å². The molecule has 0 N–H and O–H groups in total. The van der Waals surface area contributed by atoms with Crippen LogP contribution in [0.5, 0.6) is 0 Å². The van der Waals surface area contributed by atoms with E-state index >= 15 is 0 Å². The highest BCUT2D eigenvalue weighted by Gasteiger charge is 2.10. The average Bonchev–Trinajstić information content (AvgIpc) is 2.87. The molecular weight excluding hydrogens is 292 g/mol. The minimum absolute atomic E-state index is 0.00198. The van der Waals surface area contributed by atoms with Crippen LogP contribution in [0.2, 0.25) is 0 Å². The zero-order chi connectivity index (χ0) is 15.6. The molecule has 0 unspecified atom stereocenters. The van der Waals surface area contributed by atoms with E-state index in [2.05, 4.69) is 5.10 Å². The molecule has 0 aromatic carbocycles. The van der Waals surface area contributed by atoms with Gasteiger partial charge >= 0.3 is 5.00 Å². The van der Waals surface area contributed by atoms with Gasteiger partial charge in [0.1, 0.15) is 11.6 Å². The minimum atomic E-state index is -0.502. The fourth-order valence-corrected chi connectivity index (χ4v) is 2.47. The smallest absolute Gasteiger partial charge is 0.266 e. The van der Waals surface area contributed by atoms with Crippen LogP contribution in [0.4, 0.5) is 5.00 Å².